The van der Waals surface area contributed by atoms with Crippen molar-refractivity contribution in [3.63, 3.8) is 0 Å². The monoisotopic (exact) mass is 256 g/mol. The van der Waals surface area contributed by atoms with Crippen LogP contribution in [-0.2, 0) is 6.42 Å². The summed E-state index contributed by atoms with van der Waals surface area (Å²) in [5.74, 6) is 1.95. The minimum absolute atomic E-state index is 0.387. The van der Waals surface area contributed by atoms with E-state index >= 15 is 0 Å². The van der Waals surface area contributed by atoms with Crippen molar-refractivity contribution >= 4 is 15.9 Å². The quantitative estimate of drug-likeness (QED) is 0.774. The van der Waals surface area contributed by atoms with Gasteiger partial charge in [0.1, 0.15) is 10.4 Å². The van der Waals surface area contributed by atoms with Crippen molar-refractivity contribution < 1.29 is 0 Å². The fourth-order valence-corrected chi connectivity index (χ4v) is 1.71. The van der Waals surface area contributed by atoms with E-state index in [0.717, 1.165) is 22.5 Å². The van der Waals surface area contributed by atoms with Crippen molar-refractivity contribution in [1.82, 2.24) is 9.97 Å². The van der Waals surface area contributed by atoms with Gasteiger partial charge in [0, 0.05) is 11.6 Å². The zero-order chi connectivity index (χ0) is 10.7. The molecule has 1 rings (SSSR count). The van der Waals surface area contributed by atoms with Gasteiger partial charge >= 0.3 is 0 Å². The van der Waals surface area contributed by atoms with Crippen LogP contribution in [0.3, 0.4) is 0 Å². The highest BCUT2D eigenvalue weighted by molar-refractivity contribution is 9.10. The molecule has 0 atom stereocenters. The maximum Gasteiger partial charge on any atom is 0.132 e. The van der Waals surface area contributed by atoms with E-state index in [1.165, 1.54) is 0 Å². The Kier molecular flexibility index (Phi) is 4.05. The van der Waals surface area contributed by atoms with Crippen LogP contribution in [-0.4, -0.2) is 9.97 Å². The van der Waals surface area contributed by atoms with Gasteiger partial charge < -0.3 is 0 Å². The number of aromatic nitrogens is 2. The Morgan fingerprint density at radius 3 is 2.36 bits per heavy atom. The molecule has 3 heteroatoms. The summed E-state index contributed by atoms with van der Waals surface area (Å²) in [5.41, 5.74) is 1.13. The second kappa shape index (κ2) is 4.87. The molecular formula is C11H17BrN2. The third kappa shape index (κ3) is 3.37. The molecule has 14 heavy (non-hydrogen) atoms. The molecule has 0 aliphatic rings. The lowest BCUT2D eigenvalue weighted by Gasteiger charge is -2.08. The van der Waals surface area contributed by atoms with E-state index in [-0.39, 0.29) is 0 Å². The van der Waals surface area contributed by atoms with E-state index in [2.05, 4.69) is 53.6 Å². The van der Waals surface area contributed by atoms with Crippen molar-refractivity contribution in [2.45, 2.75) is 40.0 Å². The maximum absolute atomic E-state index is 4.53. The van der Waals surface area contributed by atoms with Gasteiger partial charge in [-0.1, -0.05) is 27.7 Å². The fourth-order valence-electron chi connectivity index (χ4n) is 1.26. The molecule has 0 bridgehead atoms. The highest BCUT2D eigenvalue weighted by atomic mass is 79.9. The Morgan fingerprint density at radius 2 is 1.86 bits per heavy atom. The molecular weight excluding hydrogens is 240 g/mol. The second-order valence-electron chi connectivity index (χ2n) is 4.29. The Morgan fingerprint density at radius 1 is 1.21 bits per heavy atom. The van der Waals surface area contributed by atoms with Crippen LogP contribution >= 0.6 is 15.9 Å². The van der Waals surface area contributed by atoms with Crippen molar-refractivity contribution in [3.8, 4) is 0 Å². The van der Waals surface area contributed by atoms with E-state index in [9.17, 15) is 0 Å². The summed E-state index contributed by atoms with van der Waals surface area (Å²) in [7, 11) is 0. The standard InChI is InChI=1S/C11H17BrN2/c1-7(2)5-9-6-10(12)14-11(13-9)8(3)4/h6-8H,5H2,1-4H3. The highest BCUT2D eigenvalue weighted by Gasteiger charge is 2.07. The molecule has 0 radical (unpaired) electrons. The minimum Gasteiger partial charge on any atom is -0.238 e. The molecule has 1 aromatic rings. The first kappa shape index (κ1) is 11.6. The zero-order valence-corrected chi connectivity index (χ0v) is 10.8. The topological polar surface area (TPSA) is 25.8 Å². The summed E-state index contributed by atoms with van der Waals surface area (Å²) in [4.78, 5) is 8.88. The van der Waals surface area contributed by atoms with Crippen LogP contribution < -0.4 is 0 Å². The molecule has 1 heterocycles. The van der Waals surface area contributed by atoms with Crippen molar-refractivity contribution in [2.75, 3.05) is 0 Å². The average molecular weight is 257 g/mol. The Labute approximate surface area is 94.3 Å². The van der Waals surface area contributed by atoms with Gasteiger partial charge in [-0.2, -0.15) is 0 Å². The summed E-state index contributed by atoms with van der Waals surface area (Å²) in [6.07, 6.45) is 1.01. The van der Waals surface area contributed by atoms with Crippen LogP contribution in [0.25, 0.3) is 0 Å². The smallest absolute Gasteiger partial charge is 0.132 e. The van der Waals surface area contributed by atoms with E-state index in [0.29, 0.717) is 11.8 Å². The van der Waals surface area contributed by atoms with Gasteiger partial charge in [-0.25, -0.2) is 9.97 Å². The second-order valence-corrected chi connectivity index (χ2v) is 5.11. The molecule has 0 aliphatic carbocycles. The van der Waals surface area contributed by atoms with Gasteiger partial charge in [-0.3, -0.25) is 0 Å². The number of halogens is 1. The lowest BCUT2D eigenvalue weighted by Crippen LogP contribution is -2.04. The number of hydrogen-bond acceptors (Lipinski definition) is 2. The lowest BCUT2D eigenvalue weighted by molar-refractivity contribution is 0.624. The summed E-state index contributed by atoms with van der Waals surface area (Å²) in [6, 6.07) is 2.01. The van der Waals surface area contributed by atoms with Crippen LogP contribution in [0.15, 0.2) is 10.7 Å². The first-order chi connectivity index (χ1) is 6.49. The summed E-state index contributed by atoms with van der Waals surface area (Å²) >= 11 is 3.42. The molecule has 78 valence electrons. The lowest BCUT2D eigenvalue weighted by atomic mass is 10.1. The molecule has 0 saturated heterocycles. The third-order valence-electron chi connectivity index (χ3n) is 1.90. The molecule has 0 N–H and O–H groups in total. The van der Waals surface area contributed by atoms with Gasteiger partial charge in [0.25, 0.3) is 0 Å². The van der Waals surface area contributed by atoms with Gasteiger partial charge in [0.15, 0.2) is 0 Å². The van der Waals surface area contributed by atoms with E-state index < -0.39 is 0 Å². The number of rotatable bonds is 3. The van der Waals surface area contributed by atoms with Gasteiger partial charge in [0.05, 0.1) is 0 Å². The molecule has 2 nitrogen and oxygen atoms in total. The first-order valence-electron chi connectivity index (χ1n) is 5.02. The molecule has 0 saturated carbocycles. The normalized spacial score (nSPS) is 11.4. The van der Waals surface area contributed by atoms with Gasteiger partial charge in [0.2, 0.25) is 0 Å². The van der Waals surface area contributed by atoms with Crippen LogP contribution in [0, 0.1) is 5.92 Å². The predicted octanol–water partition coefficient (Wildman–Crippen LogP) is 3.56. The van der Waals surface area contributed by atoms with Crippen LogP contribution in [0.2, 0.25) is 0 Å². The molecule has 0 unspecified atom stereocenters. The van der Waals surface area contributed by atoms with E-state index in [1.54, 1.807) is 0 Å². The fraction of sp³-hybridized carbons (Fsp3) is 0.636. The molecule has 0 aliphatic heterocycles. The van der Waals surface area contributed by atoms with Crippen LogP contribution in [0.1, 0.15) is 45.1 Å². The largest absolute Gasteiger partial charge is 0.238 e. The summed E-state index contributed by atoms with van der Waals surface area (Å²) < 4.78 is 0.895. The number of nitrogens with zero attached hydrogens (tertiary/aromatic N) is 2. The van der Waals surface area contributed by atoms with Crippen LogP contribution in [0.4, 0.5) is 0 Å². The number of hydrogen-bond donors (Lipinski definition) is 0. The minimum atomic E-state index is 0.387. The molecule has 0 fully saturated rings. The average Bonchev–Trinajstić information content (AvgIpc) is 2.01. The summed E-state index contributed by atoms with van der Waals surface area (Å²) in [6.45, 7) is 8.62. The Bertz CT molecular complexity index is 308. The van der Waals surface area contributed by atoms with Crippen molar-refractivity contribution in [2.24, 2.45) is 5.92 Å². The van der Waals surface area contributed by atoms with Gasteiger partial charge in [-0.05, 0) is 34.3 Å². The maximum atomic E-state index is 4.53. The molecule has 0 aromatic carbocycles. The Hall–Kier alpha value is -0.440. The van der Waals surface area contributed by atoms with Gasteiger partial charge in [-0.15, -0.1) is 0 Å². The molecule has 0 amide bonds. The highest BCUT2D eigenvalue weighted by Crippen LogP contribution is 2.16. The third-order valence-corrected chi connectivity index (χ3v) is 2.31. The Balaban J connectivity index is 2.95. The van der Waals surface area contributed by atoms with Crippen molar-refractivity contribution in [1.29, 1.82) is 0 Å². The molecule has 1 aromatic heterocycles. The van der Waals surface area contributed by atoms with Crippen molar-refractivity contribution in [3.05, 3.63) is 22.2 Å². The predicted molar refractivity (Wildman–Crippen MR) is 62.4 cm³/mol. The van der Waals surface area contributed by atoms with E-state index in [1.807, 2.05) is 6.07 Å². The first-order valence-corrected chi connectivity index (χ1v) is 5.81. The summed E-state index contributed by atoms with van der Waals surface area (Å²) in [5, 5.41) is 0. The van der Waals surface area contributed by atoms with E-state index in [4.69, 9.17) is 0 Å². The SMILES string of the molecule is CC(C)Cc1cc(Br)nc(C(C)C)n1. The van der Waals surface area contributed by atoms with Crippen LogP contribution in [0.5, 0.6) is 0 Å². The zero-order valence-electron chi connectivity index (χ0n) is 9.21. The molecule has 0 spiro atoms.